The molecule has 1 aromatic carbocycles. The first-order chi connectivity index (χ1) is 8.72. The Morgan fingerprint density at radius 3 is 3.00 bits per heavy atom. The quantitative estimate of drug-likeness (QED) is 0.869. The summed E-state index contributed by atoms with van der Waals surface area (Å²) < 4.78 is 11.0. The van der Waals surface area contributed by atoms with Gasteiger partial charge in [0, 0.05) is 4.47 Å². The first-order valence-corrected chi connectivity index (χ1v) is 6.26. The van der Waals surface area contributed by atoms with Crippen LogP contribution in [0.5, 0.6) is 5.75 Å². The lowest BCUT2D eigenvalue weighted by atomic mass is 10.3. The van der Waals surface area contributed by atoms with Crippen molar-refractivity contribution in [2.75, 3.05) is 19.8 Å². The average molecular weight is 312 g/mol. The zero-order valence-electron chi connectivity index (χ0n) is 10.0. The van der Waals surface area contributed by atoms with Crippen LogP contribution in [0.4, 0.5) is 4.79 Å². The highest BCUT2D eigenvalue weighted by Gasteiger charge is 1.95. The molecule has 0 spiro atoms. The van der Waals surface area contributed by atoms with Gasteiger partial charge in [-0.3, -0.25) is 0 Å². The Bertz CT molecular complexity index is 451. The second kappa shape index (κ2) is 8.43. The largest absolute Gasteiger partial charge is 0.481 e. The molecule has 0 aliphatic rings. The summed E-state index contributed by atoms with van der Waals surface area (Å²) in [5.74, 6) is 6.30. The molecule has 0 bridgehead atoms. The van der Waals surface area contributed by atoms with Crippen molar-refractivity contribution in [2.45, 2.75) is 6.92 Å². The third kappa shape index (κ3) is 6.16. The molecule has 1 N–H and O–H groups in total. The number of rotatable bonds is 4. The van der Waals surface area contributed by atoms with Gasteiger partial charge >= 0.3 is 6.09 Å². The van der Waals surface area contributed by atoms with E-state index in [0.29, 0.717) is 6.61 Å². The SMILES string of the molecule is CCOC(=O)NCC#CCOc1cccc(Br)c1. The number of hydrogen-bond donors (Lipinski definition) is 1. The van der Waals surface area contributed by atoms with Gasteiger partial charge in [-0.2, -0.15) is 0 Å². The molecule has 1 amide bonds. The van der Waals surface area contributed by atoms with Crippen molar-refractivity contribution in [3.8, 4) is 17.6 Å². The summed E-state index contributed by atoms with van der Waals surface area (Å²) in [6.45, 7) is 2.63. The zero-order chi connectivity index (χ0) is 13.2. The summed E-state index contributed by atoms with van der Waals surface area (Å²) in [6, 6.07) is 7.51. The molecule has 0 unspecified atom stereocenters. The fraction of sp³-hybridized carbons (Fsp3) is 0.308. The normalized spacial score (nSPS) is 9.00. The molecular weight excluding hydrogens is 298 g/mol. The van der Waals surface area contributed by atoms with Crippen LogP contribution in [0.2, 0.25) is 0 Å². The molecule has 96 valence electrons. The molecule has 18 heavy (non-hydrogen) atoms. The van der Waals surface area contributed by atoms with Crippen LogP contribution in [-0.4, -0.2) is 25.9 Å². The number of carbonyl (C=O) groups is 1. The molecular formula is C13H14BrNO3. The van der Waals surface area contributed by atoms with E-state index in [9.17, 15) is 4.79 Å². The number of alkyl carbamates (subject to hydrolysis) is 1. The van der Waals surface area contributed by atoms with Crippen LogP contribution in [0.15, 0.2) is 28.7 Å². The maximum Gasteiger partial charge on any atom is 0.407 e. The lowest BCUT2D eigenvalue weighted by Crippen LogP contribution is -2.24. The molecule has 4 nitrogen and oxygen atoms in total. The van der Waals surface area contributed by atoms with Crippen LogP contribution in [-0.2, 0) is 4.74 Å². The number of carbonyl (C=O) groups excluding carboxylic acids is 1. The van der Waals surface area contributed by atoms with E-state index >= 15 is 0 Å². The first kappa shape index (κ1) is 14.4. The van der Waals surface area contributed by atoms with Gasteiger partial charge in [-0.25, -0.2) is 4.79 Å². The van der Waals surface area contributed by atoms with Crippen LogP contribution >= 0.6 is 15.9 Å². The molecule has 0 aliphatic heterocycles. The van der Waals surface area contributed by atoms with E-state index in [2.05, 4.69) is 37.8 Å². The second-order valence-corrected chi connectivity index (χ2v) is 4.09. The number of benzene rings is 1. The van der Waals surface area contributed by atoms with Gasteiger partial charge in [-0.1, -0.05) is 33.8 Å². The Kier molecular flexibility index (Phi) is 6.74. The summed E-state index contributed by atoms with van der Waals surface area (Å²) in [5.41, 5.74) is 0. The van der Waals surface area contributed by atoms with Gasteiger partial charge in [-0.05, 0) is 25.1 Å². The Balaban J connectivity index is 2.20. The minimum Gasteiger partial charge on any atom is -0.481 e. The van der Waals surface area contributed by atoms with Crippen LogP contribution in [0.25, 0.3) is 0 Å². The summed E-state index contributed by atoms with van der Waals surface area (Å²) in [4.78, 5) is 10.9. The number of nitrogens with one attached hydrogen (secondary N) is 1. The van der Waals surface area contributed by atoms with Gasteiger partial charge in [0.15, 0.2) is 0 Å². The predicted octanol–water partition coefficient (Wildman–Crippen LogP) is 2.58. The molecule has 0 aromatic heterocycles. The van der Waals surface area contributed by atoms with Crippen LogP contribution < -0.4 is 10.1 Å². The molecule has 0 atom stereocenters. The summed E-state index contributed by atoms with van der Waals surface area (Å²) >= 11 is 3.35. The van der Waals surface area contributed by atoms with Crippen molar-refractivity contribution >= 4 is 22.0 Å². The van der Waals surface area contributed by atoms with Gasteiger partial charge in [0.25, 0.3) is 0 Å². The van der Waals surface area contributed by atoms with E-state index in [-0.39, 0.29) is 13.2 Å². The number of halogens is 1. The monoisotopic (exact) mass is 311 g/mol. The Labute approximate surface area is 115 Å². The van der Waals surface area contributed by atoms with Crippen molar-refractivity contribution in [1.29, 1.82) is 0 Å². The van der Waals surface area contributed by atoms with E-state index in [4.69, 9.17) is 4.74 Å². The molecule has 0 saturated carbocycles. The number of ether oxygens (including phenoxy) is 2. The van der Waals surface area contributed by atoms with Gasteiger partial charge < -0.3 is 14.8 Å². The molecule has 1 aromatic rings. The van der Waals surface area contributed by atoms with Crippen LogP contribution in [0.1, 0.15) is 6.92 Å². The maximum atomic E-state index is 10.9. The predicted molar refractivity (Wildman–Crippen MR) is 72.4 cm³/mol. The third-order valence-corrected chi connectivity index (χ3v) is 2.32. The Hall–Kier alpha value is -1.67. The van der Waals surface area contributed by atoms with E-state index in [1.807, 2.05) is 24.3 Å². The van der Waals surface area contributed by atoms with Gasteiger partial charge in [0.2, 0.25) is 0 Å². The van der Waals surface area contributed by atoms with Gasteiger partial charge in [0.1, 0.15) is 12.4 Å². The highest BCUT2D eigenvalue weighted by atomic mass is 79.9. The topological polar surface area (TPSA) is 47.6 Å². The standard InChI is InChI=1S/C13H14BrNO3/c1-2-17-13(16)15-8-3-4-9-18-12-7-5-6-11(14)10-12/h5-7,10H,2,8-9H2,1H3,(H,15,16). The first-order valence-electron chi connectivity index (χ1n) is 5.47. The van der Waals surface area contributed by atoms with Gasteiger partial charge in [0.05, 0.1) is 13.2 Å². The van der Waals surface area contributed by atoms with Crippen molar-refractivity contribution in [2.24, 2.45) is 0 Å². The van der Waals surface area contributed by atoms with E-state index < -0.39 is 6.09 Å². The Morgan fingerprint density at radius 2 is 2.28 bits per heavy atom. The molecule has 0 saturated heterocycles. The summed E-state index contributed by atoms with van der Waals surface area (Å²) in [5, 5.41) is 2.49. The van der Waals surface area contributed by atoms with Crippen molar-refractivity contribution < 1.29 is 14.3 Å². The fourth-order valence-corrected chi connectivity index (χ4v) is 1.47. The van der Waals surface area contributed by atoms with E-state index in [1.54, 1.807) is 6.92 Å². The summed E-state index contributed by atoms with van der Waals surface area (Å²) in [7, 11) is 0. The van der Waals surface area contributed by atoms with Crippen LogP contribution in [0.3, 0.4) is 0 Å². The fourth-order valence-electron chi connectivity index (χ4n) is 1.09. The average Bonchev–Trinajstić information content (AvgIpc) is 2.34. The molecule has 5 heteroatoms. The molecule has 1 rings (SSSR count). The van der Waals surface area contributed by atoms with Crippen molar-refractivity contribution in [1.82, 2.24) is 5.32 Å². The molecule has 0 radical (unpaired) electrons. The highest BCUT2D eigenvalue weighted by molar-refractivity contribution is 9.10. The molecule has 0 heterocycles. The zero-order valence-corrected chi connectivity index (χ0v) is 11.6. The highest BCUT2D eigenvalue weighted by Crippen LogP contribution is 2.17. The van der Waals surface area contributed by atoms with E-state index in [0.717, 1.165) is 10.2 Å². The van der Waals surface area contributed by atoms with Gasteiger partial charge in [-0.15, -0.1) is 0 Å². The smallest absolute Gasteiger partial charge is 0.407 e. The Morgan fingerprint density at radius 1 is 1.44 bits per heavy atom. The number of hydrogen-bond acceptors (Lipinski definition) is 3. The minimum atomic E-state index is -0.459. The summed E-state index contributed by atoms with van der Waals surface area (Å²) in [6.07, 6.45) is -0.459. The lowest BCUT2D eigenvalue weighted by Gasteiger charge is -2.01. The number of amides is 1. The van der Waals surface area contributed by atoms with E-state index in [1.165, 1.54) is 0 Å². The third-order valence-electron chi connectivity index (χ3n) is 1.83. The second-order valence-electron chi connectivity index (χ2n) is 3.17. The molecule has 0 aliphatic carbocycles. The van der Waals surface area contributed by atoms with Crippen LogP contribution in [0, 0.1) is 11.8 Å². The van der Waals surface area contributed by atoms with Crippen molar-refractivity contribution in [3.63, 3.8) is 0 Å². The molecule has 0 fully saturated rings. The lowest BCUT2D eigenvalue weighted by molar-refractivity contribution is 0.153. The minimum absolute atomic E-state index is 0.251. The maximum absolute atomic E-state index is 10.9. The van der Waals surface area contributed by atoms with Crippen molar-refractivity contribution in [3.05, 3.63) is 28.7 Å².